The van der Waals surface area contributed by atoms with Crippen molar-refractivity contribution in [3.8, 4) is 5.75 Å². The van der Waals surface area contributed by atoms with Crippen molar-refractivity contribution in [2.45, 2.75) is 39.3 Å². The average Bonchev–Trinajstić information content (AvgIpc) is 2.45. The molecule has 0 radical (unpaired) electrons. The summed E-state index contributed by atoms with van der Waals surface area (Å²) in [5.74, 6) is 1.41. The van der Waals surface area contributed by atoms with Gasteiger partial charge in [-0.05, 0) is 27.7 Å². The van der Waals surface area contributed by atoms with Crippen molar-refractivity contribution in [3.63, 3.8) is 0 Å². The molecule has 1 saturated heterocycles. The Morgan fingerprint density at radius 2 is 2.09 bits per heavy atom. The van der Waals surface area contributed by atoms with E-state index >= 15 is 0 Å². The first-order valence-electron chi connectivity index (χ1n) is 7.75. The summed E-state index contributed by atoms with van der Waals surface area (Å²) in [5.41, 5.74) is 5.83. The first-order chi connectivity index (χ1) is 10.7. The summed E-state index contributed by atoms with van der Waals surface area (Å²) in [6.45, 7) is 9.57. The predicted octanol–water partition coefficient (Wildman–Crippen LogP) is 2.12. The number of carbonyl (C=O) groups excluding carboxylic acids is 1. The van der Waals surface area contributed by atoms with Gasteiger partial charge in [-0.2, -0.15) is 0 Å². The highest BCUT2D eigenvalue weighted by molar-refractivity contribution is 5.69. The van der Waals surface area contributed by atoms with Crippen LogP contribution in [0.25, 0.3) is 0 Å². The Morgan fingerprint density at radius 3 is 2.65 bits per heavy atom. The molecule has 0 bridgehead atoms. The van der Waals surface area contributed by atoms with Crippen molar-refractivity contribution in [3.05, 3.63) is 12.3 Å². The van der Waals surface area contributed by atoms with Crippen LogP contribution in [-0.4, -0.2) is 54.4 Å². The lowest BCUT2D eigenvalue weighted by molar-refractivity contribution is 0.0158. The number of ether oxygens (including phenoxy) is 2. The lowest BCUT2D eigenvalue weighted by Crippen LogP contribution is -2.55. The fourth-order valence-corrected chi connectivity index (χ4v) is 2.54. The normalized spacial score (nSPS) is 18.7. The Hall–Kier alpha value is -2.18. The Labute approximate surface area is 137 Å². The molecule has 0 aromatic carbocycles. The minimum absolute atomic E-state index is 0.0314. The van der Waals surface area contributed by atoms with Crippen molar-refractivity contribution in [2.75, 3.05) is 37.4 Å². The van der Waals surface area contributed by atoms with Gasteiger partial charge in [-0.25, -0.2) is 9.78 Å². The molecule has 2 rings (SSSR count). The van der Waals surface area contributed by atoms with E-state index in [1.807, 2.05) is 33.8 Å². The largest absolute Gasteiger partial charge is 0.494 e. The van der Waals surface area contributed by atoms with E-state index in [0.717, 1.165) is 5.82 Å². The molecule has 1 aromatic rings. The van der Waals surface area contributed by atoms with Gasteiger partial charge in [-0.1, -0.05) is 0 Å². The average molecular weight is 322 g/mol. The van der Waals surface area contributed by atoms with Crippen molar-refractivity contribution in [1.82, 2.24) is 9.88 Å². The monoisotopic (exact) mass is 322 g/mol. The van der Waals surface area contributed by atoms with E-state index in [4.69, 9.17) is 15.2 Å². The van der Waals surface area contributed by atoms with Crippen LogP contribution in [-0.2, 0) is 4.74 Å². The van der Waals surface area contributed by atoms with Crippen LogP contribution >= 0.6 is 0 Å². The van der Waals surface area contributed by atoms with Crippen LogP contribution in [0, 0.1) is 0 Å². The van der Waals surface area contributed by atoms with E-state index < -0.39 is 5.60 Å². The molecule has 23 heavy (non-hydrogen) atoms. The van der Waals surface area contributed by atoms with Gasteiger partial charge in [0.15, 0.2) is 0 Å². The van der Waals surface area contributed by atoms with Gasteiger partial charge in [-0.3, -0.25) is 0 Å². The lowest BCUT2D eigenvalue weighted by atomic mass is 10.2. The molecule has 1 fully saturated rings. The van der Waals surface area contributed by atoms with Gasteiger partial charge in [0.1, 0.15) is 17.2 Å². The van der Waals surface area contributed by atoms with Gasteiger partial charge >= 0.3 is 6.09 Å². The number of methoxy groups -OCH3 is 1. The fraction of sp³-hybridized carbons (Fsp3) is 0.625. The number of hydrogen-bond acceptors (Lipinski definition) is 6. The standard InChI is InChI=1S/C16H26N4O3/c1-11-10-19(14-8-13(22-5)12(17)9-18-14)6-7-20(11)15(21)23-16(2,3)4/h8-9,11H,6-7,10,17H2,1-5H3. The zero-order valence-electron chi connectivity index (χ0n) is 14.5. The smallest absolute Gasteiger partial charge is 0.410 e. The maximum atomic E-state index is 12.2. The SMILES string of the molecule is COc1cc(N2CCN(C(=O)OC(C)(C)C)C(C)C2)ncc1N. The number of rotatable bonds is 2. The zero-order valence-corrected chi connectivity index (χ0v) is 14.5. The molecule has 1 atom stereocenters. The Bertz CT molecular complexity index is 571. The number of amides is 1. The van der Waals surface area contributed by atoms with Gasteiger partial charge in [-0.15, -0.1) is 0 Å². The summed E-state index contributed by atoms with van der Waals surface area (Å²) >= 11 is 0. The minimum Gasteiger partial charge on any atom is -0.494 e. The van der Waals surface area contributed by atoms with Crippen molar-refractivity contribution in [2.24, 2.45) is 0 Å². The van der Waals surface area contributed by atoms with E-state index in [1.54, 1.807) is 18.2 Å². The van der Waals surface area contributed by atoms with Gasteiger partial charge in [0.25, 0.3) is 0 Å². The summed E-state index contributed by atoms with van der Waals surface area (Å²) < 4.78 is 10.7. The molecule has 1 aliphatic rings. The highest BCUT2D eigenvalue weighted by atomic mass is 16.6. The maximum Gasteiger partial charge on any atom is 0.410 e. The number of anilines is 2. The second-order valence-electron chi connectivity index (χ2n) is 6.75. The van der Waals surface area contributed by atoms with Crippen LogP contribution in [0.5, 0.6) is 5.75 Å². The topological polar surface area (TPSA) is 80.9 Å². The summed E-state index contributed by atoms with van der Waals surface area (Å²) in [5, 5.41) is 0. The second kappa shape index (κ2) is 6.52. The highest BCUT2D eigenvalue weighted by Crippen LogP contribution is 2.26. The quantitative estimate of drug-likeness (QED) is 0.898. The molecule has 0 aliphatic carbocycles. The van der Waals surface area contributed by atoms with Gasteiger partial charge in [0, 0.05) is 31.7 Å². The summed E-state index contributed by atoms with van der Waals surface area (Å²) in [6.07, 6.45) is 1.33. The molecular formula is C16H26N4O3. The Morgan fingerprint density at radius 1 is 1.39 bits per heavy atom. The maximum absolute atomic E-state index is 12.2. The van der Waals surface area contributed by atoms with Gasteiger partial charge in [0.05, 0.1) is 19.0 Å². The number of hydrogen-bond donors (Lipinski definition) is 1. The summed E-state index contributed by atoms with van der Waals surface area (Å²) in [6, 6.07) is 1.86. The second-order valence-corrected chi connectivity index (χ2v) is 6.75. The number of pyridine rings is 1. The molecular weight excluding hydrogens is 296 g/mol. The third kappa shape index (κ3) is 4.18. The number of nitrogen functional groups attached to an aromatic ring is 1. The Balaban J connectivity index is 2.05. The molecule has 1 aliphatic heterocycles. The van der Waals surface area contributed by atoms with E-state index in [1.165, 1.54) is 0 Å². The van der Waals surface area contributed by atoms with Crippen LogP contribution in [0.2, 0.25) is 0 Å². The van der Waals surface area contributed by atoms with Crippen LogP contribution in [0.15, 0.2) is 12.3 Å². The number of carbonyl (C=O) groups is 1. The van der Waals surface area contributed by atoms with Crippen molar-refractivity contribution in [1.29, 1.82) is 0 Å². The van der Waals surface area contributed by atoms with Crippen molar-refractivity contribution >= 4 is 17.6 Å². The molecule has 0 saturated carbocycles. The van der Waals surface area contributed by atoms with Crippen molar-refractivity contribution < 1.29 is 14.3 Å². The highest BCUT2D eigenvalue weighted by Gasteiger charge is 2.31. The summed E-state index contributed by atoms with van der Waals surface area (Å²) in [4.78, 5) is 20.5. The van der Waals surface area contributed by atoms with Gasteiger partial charge in [0.2, 0.25) is 0 Å². The molecule has 1 unspecified atom stereocenters. The van der Waals surface area contributed by atoms with E-state index in [9.17, 15) is 4.79 Å². The fourth-order valence-electron chi connectivity index (χ4n) is 2.54. The third-order valence-electron chi connectivity index (χ3n) is 3.68. The zero-order chi connectivity index (χ0) is 17.2. The van der Waals surface area contributed by atoms with Crippen LogP contribution < -0.4 is 15.4 Å². The van der Waals surface area contributed by atoms with E-state index in [-0.39, 0.29) is 12.1 Å². The molecule has 2 heterocycles. The lowest BCUT2D eigenvalue weighted by Gasteiger charge is -2.40. The first-order valence-corrected chi connectivity index (χ1v) is 7.75. The number of nitrogens with two attached hydrogens (primary N) is 1. The Kier molecular flexibility index (Phi) is 4.87. The first kappa shape index (κ1) is 17.2. The number of nitrogens with zero attached hydrogens (tertiary/aromatic N) is 3. The van der Waals surface area contributed by atoms with E-state index in [2.05, 4.69) is 9.88 Å². The van der Waals surface area contributed by atoms with Gasteiger partial charge < -0.3 is 25.0 Å². The third-order valence-corrected chi connectivity index (χ3v) is 3.68. The van der Waals surface area contributed by atoms with Crippen LogP contribution in [0.1, 0.15) is 27.7 Å². The van der Waals surface area contributed by atoms with E-state index in [0.29, 0.717) is 31.1 Å². The van der Waals surface area contributed by atoms with Crippen LogP contribution in [0.4, 0.5) is 16.3 Å². The minimum atomic E-state index is -0.486. The molecule has 0 spiro atoms. The molecule has 7 nitrogen and oxygen atoms in total. The molecule has 7 heteroatoms. The molecule has 128 valence electrons. The number of aromatic nitrogens is 1. The molecule has 1 aromatic heterocycles. The predicted molar refractivity (Wildman–Crippen MR) is 89.8 cm³/mol. The molecule has 1 amide bonds. The number of piperazine rings is 1. The van der Waals surface area contributed by atoms with Crippen LogP contribution in [0.3, 0.4) is 0 Å². The summed E-state index contributed by atoms with van der Waals surface area (Å²) in [7, 11) is 1.58. The molecule has 2 N–H and O–H groups in total.